The van der Waals surface area contributed by atoms with Gasteiger partial charge in [-0.3, -0.25) is 9.88 Å². The summed E-state index contributed by atoms with van der Waals surface area (Å²) in [6.07, 6.45) is 1.45. The first-order valence-electron chi connectivity index (χ1n) is 6.93. The van der Waals surface area contributed by atoms with Crippen molar-refractivity contribution in [2.24, 2.45) is 0 Å². The maximum absolute atomic E-state index is 12.9. The molecule has 1 aromatic carbocycles. The molecule has 1 aliphatic rings. The molecule has 1 fully saturated rings. The monoisotopic (exact) mass is 292 g/mol. The standard InChI is InChI=1S/C14H17FN4O2/c15-10-3-1-9(2-4-10)12(20)7-19(11-5-6-11)8-13-16-14(21)18-17-13/h1-4,11-12,20H,5-8H2,(H2,16,17,18,21). The van der Waals surface area contributed by atoms with E-state index >= 15 is 0 Å². The Bertz CT molecular complexity index is 647. The number of nitrogens with one attached hydrogen (secondary N) is 2. The number of aliphatic hydroxyl groups is 1. The maximum atomic E-state index is 12.9. The van der Waals surface area contributed by atoms with Crippen molar-refractivity contribution in [1.29, 1.82) is 0 Å². The van der Waals surface area contributed by atoms with Gasteiger partial charge in [0.1, 0.15) is 11.6 Å². The molecule has 3 rings (SSSR count). The van der Waals surface area contributed by atoms with Crippen molar-refractivity contribution in [2.45, 2.75) is 31.5 Å². The van der Waals surface area contributed by atoms with Crippen LogP contribution in [0.2, 0.25) is 0 Å². The lowest BCUT2D eigenvalue weighted by Gasteiger charge is -2.24. The van der Waals surface area contributed by atoms with Crippen LogP contribution in [-0.2, 0) is 6.54 Å². The van der Waals surface area contributed by atoms with Gasteiger partial charge in [-0.1, -0.05) is 12.1 Å². The lowest BCUT2D eigenvalue weighted by Crippen LogP contribution is -2.31. The third-order valence-corrected chi connectivity index (χ3v) is 3.63. The van der Waals surface area contributed by atoms with E-state index in [0.29, 0.717) is 30.5 Å². The normalized spacial score (nSPS) is 16.3. The molecule has 1 aliphatic carbocycles. The molecule has 0 saturated heterocycles. The van der Waals surface area contributed by atoms with Crippen molar-refractivity contribution in [1.82, 2.24) is 20.1 Å². The van der Waals surface area contributed by atoms with Crippen LogP contribution in [-0.4, -0.2) is 37.8 Å². The summed E-state index contributed by atoms with van der Waals surface area (Å²) in [5, 5.41) is 16.5. The number of hydrogen-bond donors (Lipinski definition) is 3. The zero-order valence-electron chi connectivity index (χ0n) is 11.4. The van der Waals surface area contributed by atoms with E-state index < -0.39 is 6.10 Å². The number of aromatic nitrogens is 3. The lowest BCUT2D eigenvalue weighted by atomic mass is 10.1. The van der Waals surface area contributed by atoms with E-state index in [1.165, 1.54) is 12.1 Å². The second-order valence-electron chi connectivity index (χ2n) is 5.35. The number of aromatic amines is 2. The van der Waals surface area contributed by atoms with Crippen LogP contribution in [0.1, 0.15) is 30.3 Å². The Balaban J connectivity index is 1.67. The van der Waals surface area contributed by atoms with Crippen LogP contribution in [0.15, 0.2) is 29.1 Å². The lowest BCUT2D eigenvalue weighted by molar-refractivity contribution is 0.103. The summed E-state index contributed by atoms with van der Waals surface area (Å²) in [5.41, 5.74) is 0.345. The highest BCUT2D eigenvalue weighted by atomic mass is 19.1. The molecule has 6 nitrogen and oxygen atoms in total. The molecular formula is C14H17FN4O2. The average Bonchev–Trinajstić information content (AvgIpc) is 3.23. The molecular weight excluding hydrogens is 275 g/mol. The van der Waals surface area contributed by atoms with Gasteiger partial charge in [0.15, 0.2) is 0 Å². The molecule has 112 valence electrons. The zero-order valence-corrected chi connectivity index (χ0v) is 11.4. The van der Waals surface area contributed by atoms with Crippen molar-refractivity contribution in [2.75, 3.05) is 6.54 Å². The summed E-state index contributed by atoms with van der Waals surface area (Å²) < 4.78 is 12.9. The van der Waals surface area contributed by atoms with Gasteiger partial charge in [-0.25, -0.2) is 14.3 Å². The minimum Gasteiger partial charge on any atom is -0.387 e. The van der Waals surface area contributed by atoms with Gasteiger partial charge in [0.05, 0.1) is 12.6 Å². The smallest absolute Gasteiger partial charge is 0.340 e. The highest BCUT2D eigenvalue weighted by Crippen LogP contribution is 2.29. The Morgan fingerprint density at radius 2 is 2.10 bits per heavy atom. The fraction of sp³-hybridized carbons (Fsp3) is 0.429. The number of rotatable bonds is 6. The molecule has 1 unspecified atom stereocenters. The summed E-state index contributed by atoms with van der Waals surface area (Å²) in [4.78, 5) is 15.8. The highest BCUT2D eigenvalue weighted by Gasteiger charge is 2.31. The average molecular weight is 292 g/mol. The molecule has 1 atom stereocenters. The Kier molecular flexibility index (Phi) is 3.85. The molecule has 1 heterocycles. The third-order valence-electron chi connectivity index (χ3n) is 3.63. The van der Waals surface area contributed by atoms with Crippen LogP contribution in [0.25, 0.3) is 0 Å². The van der Waals surface area contributed by atoms with E-state index in [-0.39, 0.29) is 11.5 Å². The van der Waals surface area contributed by atoms with Crippen LogP contribution in [0, 0.1) is 5.82 Å². The number of halogens is 1. The number of aliphatic hydroxyl groups excluding tert-OH is 1. The van der Waals surface area contributed by atoms with Crippen LogP contribution in [0.3, 0.4) is 0 Å². The van der Waals surface area contributed by atoms with Crippen molar-refractivity contribution >= 4 is 0 Å². The fourth-order valence-electron chi connectivity index (χ4n) is 2.37. The van der Waals surface area contributed by atoms with Gasteiger partial charge in [0.25, 0.3) is 0 Å². The van der Waals surface area contributed by atoms with E-state index in [4.69, 9.17) is 0 Å². The number of nitrogens with zero attached hydrogens (tertiary/aromatic N) is 2. The molecule has 0 amide bonds. The summed E-state index contributed by atoms with van der Waals surface area (Å²) in [7, 11) is 0. The van der Waals surface area contributed by atoms with E-state index in [1.54, 1.807) is 12.1 Å². The van der Waals surface area contributed by atoms with Gasteiger partial charge in [-0.2, -0.15) is 5.10 Å². The minimum absolute atomic E-state index is 0.320. The Morgan fingerprint density at radius 3 is 2.67 bits per heavy atom. The van der Waals surface area contributed by atoms with Crippen LogP contribution < -0.4 is 5.69 Å². The molecule has 1 aromatic heterocycles. The van der Waals surface area contributed by atoms with Crippen molar-refractivity contribution in [3.05, 3.63) is 52.0 Å². The Labute approximate surface area is 120 Å². The van der Waals surface area contributed by atoms with Gasteiger partial charge in [-0.05, 0) is 30.5 Å². The molecule has 3 N–H and O–H groups in total. The highest BCUT2D eigenvalue weighted by molar-refractivity contribution is 5.19. The van der Waals surface area contributed by atoms with Gasteiger partial charge in [0.2, 0.25) is 0 Å². The van der Waals surface area contributed by atoms with Crippen LogP contribution in [0.5, 0.6) is 0 Å². The first kappa shape index (κ1) is 14.0. The summed E-state index contributed by atoms with van der Waals surface area (Å²) in [6.45, 7) is 0.896. The molecule has 0 aliphatic heterocycles. The first-order chi connectivity index (χ1) is 10.1. The van der Waals surface area contributed by atoms with Crippen LogP contribution >= 0.6 is 0 Å². The predicted molar refractivity (Wildman–Crippen MR) is 74.0 cm³/mol. The molecule has 0 bridgehead atoms. The third kappa shape index (κ3) is 3.56. The van der Waals surface area contributed by atoms with E-state index in [9.17, 15) is 14.3 Å². The van der Waals surface area contributed by atoms with E-state index in [0.717, 1.165) is 12.8 Å². The molecule has 0 spiro atoms. The molecule has 0 radical (unpaired) electrons. The summed E-state index contributed by atoms with van der Waals surface area (Å²) in [6, 6.07) is 6.25. The largest absolute Gasteiger partial charge is 0.387 e. The summed E-state index contributed by atoms with van der Waals surface area (Å²) in [5.74, 6) is 0.234. The SMILES string of the molecule is O=c1[nH]nc(CN(CC(O)c2ccc(F)cc2)C2CC2)[nH]1. The zero-order chi connectivity index (χ0) is 14.8. The van der Waals surface area contributed by atoms with E-state index in [2.05, 4.69) is 20.1 Å². The second kappa shape index (κ2) is 5.79. The van der Waals surface area contributed by atoms with Crippen molar-refractivity contribution in [3.8, 4) is 0 Å². The topological polar surface area (TPSA) is 85.0 Å². The molecule has 2 aromatic rings. The van der Waals surface area contributed by atoms with Gasteiger partial charge >= 0.3 is 5.69 Å². The van der Waals surface area contributed by atoms with Gasteiger partial charge in [-0.15, -0.1) is 0 Å². The minimum atomic E-state index is -0.697. The summed E-state index contributed by atoms with van der Waals surface area (Å²) >= 11 is 0. The van der Waals surface area contributed by atoms with Crippen LogP contribution in [0.4, 0.5) is 4.39 Å². The van der Waals surface area contributed by atoms with Crippen molar-refractivity contribution < 1.29 is 9.50 Å². The Morgan fingerprint density at radius 1 is 1.38 bits per heavy atom. The van der Waals surface area contributed by atoms with Gasteiger partial charge in [0, 0.05) is 12.6 Å². The first-order valence-corrected chi connectivity index (χ1v) is 6.93. The Hall–Kier alpha value is -1.99. The quantitative estimate of drug-likeness (QED) is 0.739. The molecule has 7 heteroatoms. The molecule has 1 saturated carbocycles. The number of benzene rings is 1. The number of hydrogen-bond acceptors (Lipinski definition) is 4. The maximum Gasteiger partial charge on any atom is 0.340 e. The fourth-order valence-corrected chi connectivity index (χ4v) is 2.37. The van der Waals surface area contributed by atoms with Crippen molar-refractivity contribution in [3.63, 3.8) is 0 Å². The number of H-pyrrole nitrogens is 2. The molecule has 21 heavy (non-hydrogen) atoms. The van der Waals surface area contributed by atoms with Gasteiger partial charge < -0.3 is 5.11 Å². The van der Waals surface area contributed by atoms with E-state index in [1.807, 2.05) is 0 Å². The predicted octanol–water partition coefficient (Wildman–Crippen LogP) is 0.935. The second-order valence-corrected chi connectivity index (χ2v) is 5.35.